The van der Waals surface area contributed by atoms with Crippen molar-refractivity contribution in [2.75, 3.05) is 20.3 Å². The van der Waals surface area contributed by atoms with Gasteiger partial charge in [-0.1, -0.05) is 0 Å². The second-order valence-electron chi connectivity index (χ2n) is 4.69. The Balaban J connectivity index is 2.61. The first kappa shape index (κ1) is 15.2. The smallest absolute Gasteiger partial charge is 0.0616 e. The molecule has 4 heteroatoms. The fourth-order valence-electron chi connectivity index (χ4n) is 2.39. The van der Waals surface area contributed by atoms with Gasteiger partial charge in [-0.2, -0.15) is 0 Å². The van der Waals surface area contributed by atoms with Crippen molar-refractivity contribution < 1.29 is 9.84 Å². The Morgan fingerprint density at radius 3 is 2.67 bits per heavy atom. The first-order valence-electron chi connectivity index (χ1n) is 6.62. The molecule has 4 nitrogen and oxygen atoms in total. The summed E-state index contributed by atoms with van der Waals surface area (Å²) in [5, 5.41) is 12.4. The maximum atomic E-state index is 9.00. The van der Waals surface area contributed by atoms with Gasteiger partial charge in [0, 0.05) is 44.2 Å². The molecule has 104 valence electrons. The molecular weight excluding hydrogens is 228 g/mol. The topological polar surface area (TPSA) is 46.4 Å². The van der Waals surface area contributed by atoms with Crippen molar-refractivity contribution in [2.45, 2.75) is 46.3 Å². The van der Waals surface area contributed by atoms with Crippen LogP contribution in [0.15, 0.2) is 6.07 Å². The maximum absolute atomic E-state index is 9.00. The number of ether oxygens (including phenoxy) is 1. The molecule has 0 saturated carbocycles. The van der Waals surface area contributed by atoms with Gasteiger partial charge in [-0.15, -0.1) is 0 Å². The molecule has 0 bridgehead atoms. The van der Waals surface area contributed by atoms with E-state index in [2.05, 4.69) is 36.7 Å². The van der Waals surface area contributed by atoms with Gasteiger partial charge in [0.15, 0.2) is 0 Å². The molecule has 1 aromatic rings. The van der Waals surface area contributed by atoms with Gasteiger partial charge in [-0.25, -0.2) is 0 Å². The minimum atomic E-state index is 0.189. The number of rotatable bonds is 8. The molecule has 0 amide bonds. The standard InChI is InChI=1S/C14H26N2O2/c1-5-16-11(2)8-13(12(16)3)9-15-14(6-7-17)10-18-4/h8,14-15,17H,5-7,9-10H2,1-4H3. The maximum Gasteiger partial charge on any atom is 0.0616 e. The predicted molar refractivity (Wildman–Crippen MR) is 73.8 cm³/mol. The number of hydrogen-bond donors (Lipinski definition) is 2. The number of aryl methyl sites for hydroxylation is 1. The minimum absolute atomic E-state index is 0.189. The van der Waals surface area contributed by atoms with Gasteiger partial charge >= 0.3 is 0 Å². The number of nitrogens with one attached hydrogen (secondary N) is 1. The molecule has 0 saturated heterocycles. The van der Waals surface area contributed by atoms with Gasteiger partial charge in [0.25, 0.3) is 0 Å². The summed E-state index contributed by atoms with van der Waals surface area (Å²) >= 11 is 0. The van der Waals surface area contributed by atoms with Crippen molar-refractivity contribution in [2.24, 2.45) is 0 Å². The highest BCUT2D eigenvalue weighted by Crippen LogP contribution is 2.15. The van der Waals surface area contributed by atoms with Gasteiger partial charge in [-0.05, 0) is 38.8 Å². The Morgan fingerprint density at radius 2 is 2.17 bits per heavy atom. The molecule has 1 rings (SSSR count). The first-order valence-corrected chi connectivity index (χ1v) is 6.62. The lowest BCUT2D eigenvalue weighted by atomic mass is 10.2. The van der Waals surface area contributed by atoms with Gasteiger partial charge in [0.1, 0.15) is 0 Å². The van der Waals surface area contributed by atoms with Crippen LogP contribution >= 0.6 is 0 Å². The second kappa shape index (κ2) is 7.56. The van der Waals surface area contributed by atoms with Gasteiger partial charge in [0.2, 0.25) is 0 Å². The molecule has 0 aliphatic heterocycles. The third-order valence-electron chi connectivity index (χ3n) is 3.42. The van der Waals surface area contributed by atoms with E-state index in [-0.39, 0.29) is 12.6 Å². The SMILES string of the molecule is CCn1c(C)cc(CNC(CCO)COC)c1C. The van der Waals surface area contributed by atoms with Crippen molar-refractivity contribution in [3.05, 3.63) is 23.0 Å². The summed E-state index contributed by atoms with van der Waals surface area (Å²) in [5.41, 5.74) is 3.95. The highest BCUT2D eigenvalue weighted by molar-refractivity contribution is 5.26. The molecule has 0 spiro atoms. The summed E-state index contributed by atoms with van der Waals surface area (Å²) in [7, 11) is 1.69. The number of aliphatic hydroxyl groups excluding tert-OH is 1. The van der Waals surface area contributed by atoms with Crippen LogP contribution in [0.25, 0.3) is 0 Å². The molecule has 0 aliphatic carbocycles. The molecule has 0 radical (unpaired) electrons. The zero-order chi connectivity index (χ0) is 13.5. The van der Waals surface area contributed by atoms with E-state index in [4.69, 9.17) is 9.84 Å². The summed E-state index contributed by atoms with van der Waals surface area (Å²) in [4.78, 5) is 0. The Hall–Kier alpha value is -0.840. The lowest BCUT2D eigenvalue weighted by molar-refractivity contribution is 0.148. The minimum Gasteiger partial charge on any atom is -0.396 e. The van der Waals surface area contributed by atoms with E-state index < -0.39 is 0 Å². The van der Waals surface area contributed by atoms with Crippen LogP contribution in [0.4, 0.5) is 0 Å². The predicted octanol–water partition coefficient (Wildman–Crippen LogP) is 1.61. The normalized spacial score (nSPS) is 12.9. The Kier molecular flexibility index (Phi) is 6.39. The number of nitrogens with zero attached hydrogens (tertiary/aromatic N) is 1. The third-order valence-corrected chi connectivity index (χ3v) is 3.42. The molecule has 1 aromatic heterocycles. The van der Waals surface area contributed by atoms with Crippen molar-refractivity contribution in [3.8, 4) is 0 Å². The molecule has 0 fully saturated rings. The van der Waals surface area contributed by atoms with E-state index in [0.717, 1.165) is 19.5 Å². The van der Waals surface area contributed by atoms with Crippen LogP contribution < -0.4 is 5.32 Å². The lowest BCUT2D eigenvalue weighted by Gasteiger charge is -2.16. The molecule has 18 heavy (non-hydrogen) atoms. The summed E-state index contributed by atoms with van der Waals surface area (Å²) in [6, 6.07) is 2.44. The number of aromatic nitrogens is 1. The average molecular weight is 254 g/mol. The van der Waals surface area contributed by atoms with Gasteiger partial charge < -0.3 is 19.7 Å². The number of hydrogen-bond acceptors (Lipinski definition) is 3. The highest BCUT2D eigenvalue weighted by Gasteiger charge is 2.11. The van der Waals surface area contributed by atoms with Crippen molar-refractivity contribution in [1.82, 2.24) is 9.88 Å². The van der Waals surface area contributed by atoms with E-state index in [1.807, 2.05) is 0 Å². The first-order chi connectivity index (χ1) is 8.63. The van der Waals surface area contributed by atoms with Crippen LogP contribution in [-0.4, -0.2) is 36.0 Å². The highest BCUT2D eigenvalue weighted by atomic mass is 16.5. The summed E-state index contributed by atoms with van der Waals surface area (Å²) in [6.45, 7) is 9.12. The Morgan fingerprint density at radius 1 is 1.44 bits per heavy atom. The van der Waals surface area contributed by atoms with E-state index in [9.17, 15) is 0 Å². The molecule has 1 unspecified atom stereocenters. The Labute approximate surface area is 110 Å². The van der Waals surface area contributed by atoms with Crippen LogP contribution in [0.3, 0.4) is 0 Å². The van der Waals surface area contributed by atoms with Crippen molar-refractivity contribution in [1.29, 1.82) is 0 Å². The van der Waals surface area contributed by atoms with Crippen LogP contribution in [0.1, 0.15) is 30.3 Å². The summed E-state index contributed by atoms with van der Waals surface area (Å²) < 4.78 is 7.46. The fraction of sp³-hybridized carbons (Fsp3) is 0.714. The summed E-state index contributed by atoms with van der Waals surface area (Å²) in [6.07, 6.45) is 0.723. The quantitative estimate of drug-likeness (QED) is 0.741. The fourth-order valence-corrected chi connectivity index (χ4v) is 2.39. The van der Waals surface area contributed by atoms with Crippen LogP contribution in [0, 0.1) is 13.8 Å². The van der Waals surface area contributed by atoms with Crippen LogP contribution in [0.2, 0.25) is 0 Å². The molecule has 1 atom stereocenters. The summed E-state index contributed by atoms with van der Waals surface area (Å²) in [5.74, 6) is 0. The third kappa shape index (κ3) is 3.83. The average Bonchev–Trinajstić information content (AvgIpc) is 2.61. The van der Waals surface area contributed by atoms with E-state index in [0.29, 0.717) is 6.61 Å². The van der Waals surface area contributed by atoms with Crippen LogP contribution in [0.5, 0.6) is 0 Å². The molecule has 0 aliphatic rings. The van der Waals surface area contributed by atoms with E-state index in [1.54, 1.807) is 7.11 Å². The number of methoxy groups -OCH3 is 1. The Bertz CT molecular complexity index is 355. The molecule has 1 heterocycles. The monoisotopic (exact) mass is 254 g/mol. The zero-order valence-corrected chi connectivity index (χ0v) is 12.0. The lowest BCUT2D eigenvalue weighted by Crippen LogP contribution is -2.33. The second-order valence-corrected chi connectivity index (χ2v) is 4.69. The van der Waals surface area contributed by atoms with Crippen LogP contribution in [-0.2, 0) is 17.8 Å². The zero-order valence-electron chi connectivity index (χ0n) is 12.0. The van der Waals surface area contributed by atoms with Crippen molar-refractivity contribution in [3.63, 3.8) is 0 Å². The van der Waals surface area contributed by atoms with Gasteiger partial charge in [0.05, 0.1) is 6.61 Å². The van der Waals surface area contributed by atoms with Gasteiger partial charge in [-0.3, -0.25) is 0 Å². The molecule has 2 N–H and O–H groups in total. The number of aliphatic hydroxyl groups is 1. The van der Waals surface area contributed by atoms with Crippen molar-refractivity contribution >= 4 is 0 Å². The largest absolute Gasteiger partial charge is 0.396 e. The molecule has 0 aromatic carbocycles. The van der Waals surface area contributed by atoms with E-state index in [1.165, 1.54) is 17.0 Å². The van der Waals surface area contributed by atoms with E-state index >= 15 is 0 Å². The molecular formula is C14H26N2O2.